The van der Waals surface area contributed by atoms with Gasteiger partial charge in [-0.15, -0.1) is 4.99 Å². The Balaban J connectivity index is 1.42. The van der Waals surface area contributed by atoms with Crippen LogP contribution >= 0.6 is 0 Å². The van der Waals surface area contributed by atoms with E-state index < -0.39 is 35.1 Å². The maximum absolute atomic E-state index is 13.3. The Bertz CT molecular complexity index is 1900. The number of fused-ring (bicyclic) bond motifs is 1. The van der Waals surface area contributed by atoms with Crippen molar-refractivity contribution in [3.63, 3.8) is 0 Å². The summed E-state index contributed by atoms with van der Waals surface area (Å²) in [7, 11) is 1.18. The first-order valence-corrected chi connectivity index (χ1v) is 18.0. The van der Waals surface area contributed by atoms with E-state index in [9.17, 15) is 19.2 Å². The molecule has 292 valence electrons. The average Bonchev–Trinajstić information content (AvgIpc) is 3.07. The zero-order valence-electron chi connectivity index (χ0n) is 33.0. The molecule has 4 amide bonds. The molecule has 55 heavy (non-hydrogen) atoms. The molecule has 2 aromatic carbocycles. The molecule has 0 radical (unpaired) electrons. The fraction of sp³-hybridized carbons (Fsp3) is 0.462. The summed E-state index contributed by atoms with van der Waals surface area (Å²) in [5, 5.41) is 17.1. The van der Waals surface area contributed by atoms with Gasteiger partial charge in [0.05, 0.1) is 0 Å². The number of ether oxygens (including phenoxy) is 3. The number of alkyl carbamates (subject to hydrolysis) is 2. The van der Waals surface area contributed by atoms with Crippen LogP contribution in [0.5, 0.6) is 0 Å². The number of guanidine groups is 1. The van der Waals surface area contributed by atoms with Crippen LogP contribution in [-0.4, -0.2) is 89.2 Å². The molecule has 4 rings (SSSR count). The van der Waals surface area contributed by atoms with Crippen LogP contribution in [-0.2, 0) is 31.8 Å². The summed E-state index contributed by atoms with van der Waals surface area (Å²) in [5.74, 6) is -0.283. The van der Waals surface area contributed by atoms with E-state index in [0.717, 1.165) is 22.3 Å². The number of carbonyl (C=O) groups is 4. The third-order valence-corrected chi connectivity index (χ3v) is 7.90. The van der Waals surface area contributed by atoms with Gasteiger partial charge in [-0.3, -0.25) is 5.32 Å². The van der Waals surface area contributed by atoms with Gasteiger partial charge in [-0.1, -0.05) is 6.07 Å². The van der Waals surface area contributed by atoms with Gasteiger partial charge >= 0.3 is 182 Å². The minimum absolute atomic E-state index is 0.00635. The van der Waals surface area contributed by atoms with E-state index in [-0.39, 0.29) is 11.9 Å². The first-order valence-electron chi connectivity index (χ1n) is 18.0. The molecule has 2 aromatic rings. The van der Waals surface area contributed by atoms with E-state index >= 15 is 0 Å². The molecule has 0 spiro atoms. The summed E-state index contributed by atoms with van der Waals surface area (Å²) in [5.41, 5.74) is 3.08. The molecule has 0 fully saturated rings. The number of amides is 4. The number of hydrogen-bond donors (Lipinski definition) is 3. The van der Waals surface area contributed by atoms with Crippen molar-refractivity contribution >= 4 is 54.2 Å². The largest absolute Gasteiger partial charge is 0.0461 e. The molecule has 0 aromatic heterocycles. The van der Waals surface area contributed by atoms with E-state index in [2.05, 4.69) is 20.9 Å². The van der Waals surface area contributed by atoms with Crippen molar-refractivity contribution in [3.8, 4) is 6.26 Å². The van der Waals surface area contributed by atoms with Crippen LogP contribution in [0, 0.1) is 11.5 Å². The SMILES string of the molecule is CC(C)(C)OC(=O)/N=C(/NC(=O)OC(C)(C)C)N1CCc2ccc(NC(=O)c3ccc(C4=CCN(C(=BOC#N)NC(=O)OC(C)(C)C)CC4)cc3)cc2C1. The monoisotopic (exact) mass is 755 g/mol. The molecule has 15 nitrogen and oxygen atoms in total. The van der Waals surface area contributed by atoms with Crippen LogP contribution in [0.1, 0.15) is 95.8 Å². The second-order valence-corrected chi connectivity index (χ2v) is 16.0. The summed E-state index contributed by atoms with van der Waals surface area (Å²) in [6.07, 6.45) is 2.57. The Morgan fingerprint density at radius 3 is 1.98 bits per heavy atom. The molecular weight excluding hydrogens is 705 g/mol. The Morgan fingerprint density at radius 1 is 0.782 bits per heavy atom. The zero-order valence-corrected chi connectivity index (χ0v) is 33.0. The predicted octanol–water partition coefficient (Wildman–Crippen LogP) is 5.93. The molecule has 0 saturated heterocycles. The second kappa shape index (κ2) is 17.5. The molecule has 0 atom stereocenters. The van der Waals surface area contributed by atoms with Crippen molar-refractivity contribution < 1.29 is 38.0 Å². The smallest absolute Gasteiger partial charge is 0.0332 e. The van der Waals surface area contributed by atoms with E-state index in [1.807, 2.05) is 41.3 Å². The number of nitriles is 1. The van der Waals surface area contributed by atoms with Crippen LogP contribution in [0.15, 0.2) is 53.5 Å². The fourth-order valence-corrected chi connectivity index (χ4v) is 5.62. The summed E-state index contributed by atoms with van der Waals surface area (Å²) in [6, 6.07) is 13.0. The van der Waals surface area contributed by atoms with Gasteiger partial charge in [-0.2, -0.15) is 0 Å². The van der Waals surface area contributed by atoms with Crippen LogP contribution in [0.25, 0.3) is 5.57 Å². The minimum Gasteiger partial charge on any atom is -0.0332 e. The van der Waals surface area contributed by atoms with E-state index in [1.165, 1.54) is 7.12 Å². The van der Waals surface area contributed by atoms with E-state index in [4.69, 9.17) is 24.1 Å². The van der Waals surface area contributed by atoms with Crippen molar-refractivity contribution in [1.82, 2.24) is 20.4 Å². The summed E-state index contributed by atoms with van der Waals surface area (Å²) in [6.45, 7) is 17.4. The third-order valence-electron chi connectivity index (χ3n) is 7.90. The number of carbonyl (C=O) groups excluding carboxylic acids is 4. The third kappa shape index (κ3) is 13.5. The van der Waals surface area contributed by atoms with Gasteiger partial charge in [0.1, 0.15) is 11.2 Å². The molecule has 0 aliphatic carbocycles. The number of hydrogen-bond acceptors (Lipinski definition) is 10. The number of nitrogens with one attached hydrogen (secondary N) is 3. The van der Waals surface area contributed by atoms with Gasteiger partial charge in [0, 0.05) is 13.1 Å². The molecule has 3 N–H and O–H groups in total. The summed E-state index contributed by atoms with van der Waals surface area (Å²) in [4.78, 5) is 58.8. The van der Waals surface area contributed by atoms with Crippen LogP contribution in [0.2, 0.25) is 0 Å². The molecule has 16 heteroatoms. The Morgan fingerprint density at radius 2 is 1.40 bits per heavy atom. The Labute approximate surface area is 323 Å². The van der Waals surface area contributed by atoms with Crippen LogP contribution < -0.4 is 16.0 Å². The van der Waals surface area contributed by atoms with Crippen molar-refractivity contribution in [2.45, 2.75) is 98.5 Å². The van der Waals surface area contributed by atoms with Crippen LogP contribution in [0.3, 0.4) is 0 Å². The molecule has 2 aliphatic heterocycles. The van der Waals surface area contributed by atoms with Crippen LogP contribution in [0.4, 0.5) is 20.1 Å². The van der Waals surface area contributed by atoms with Gasteiger partial charge < -0.3 is 14.4 Å². The average molecular weight is 756 g/mol. The Hall–Kier alpha value is -5.85. The van der Waals surface area contributed by atoms with Gasteiger partial charge in [-0.05, 0) is 71.2 Å². The quantitative estimate of drug-likeness (QED) is 0.104. The van der Waals surface area contributed by atoms with Gasteiger partial charge in [0.15, 0.2) is 0 Å². The number of rotatable bonds is 6. The van der Waals surface area contributed by atoms with Gasteiger partial charge in [0.25, 0.3) is 0 Å². The zero-order chi connectivity index (χ0) is 40.6. The summed E-state index contributed by atoms with van der Waals surface area (Å²) < 4.78 is 20.9. The topological polar surface area (TPSA) is 184 Å². The van der Waals surface area contributed by atoms with Gasteiger partial charge in [0.2, 0.25) is 5.96 Å². The maximum atomic E-state index is 13.3. The first-order chi connectivity index (χ1) is 25.7. The predicted molar refractivity (Wildman–Crippen MR) is 209 cm³/mol. The molecular formula is C39H50BN7O8. The maximum Gasteiger partial charge on any atom is 0.0461 e. The number of anilines is 1. The minimum atomic E-state index is -0.848. The van der Waals surface area contributed by atoms with Crippen molar-refractivity contribution in [1.29, 1.82) is 5.26 Å². The van der Waals surface area contributed by atoms with Crippen molar-refractivity contribution in [3.05, 3.63) is 70.8 Å². The van der Waals surface area contributed by atoms with Crippen molar-refractivity contribution in [2.75, 3.05) is 25.0 Å². The fourth-order valence-electron chi connectivity index (χ4n) is 5.62. The summed E-state index contributed by atoms with van der Waals surface area (Å²) >= 11 is 0. The van der Waals surface area contributed by atoms with E-state index in [1.54, 1.807) is 85.6 Å². The molecule has 0 unspecified atom stereocenters. The normalized spacial score (nSPS) is 14.9. The second-order valence-electron chi connectivity index (χ2n) is 16.0. The van der Waals surface area contributed by atoms with E-state index in [0.29, 0.717) is 56.0 Å². The van der Waals surface area contributed by atoms with Gasteiger partial charge in [-0.25, -0.2) is 9.59 Å². The Kier molecular flexibility index (Phi) is 13.4. The standard InChI is InChI=1S/C39H50BN7O8/c1-37(2,3)53-34(49)43-32(40-52-24-41)46-19-16-27(17-20-46)25-10-12-28(13-11-25)31(48)42-30-15-14-26-18-21-47(23-29(26)22-30)33(44-35(50)54-38(4,5)6)45-36(51)55-39(7,8)9/h10-16,22H,17-21,23H2,1-9H3,(H,42,48)(H,43,49)(H,44,45,50,51). The number of aliphatic imine (C=N–C) groups is 1. The molecule has 2 heterocycles. The number of nitrogens with zero attached hydrogens (tertiary/aromatic N) is 4. The number of benzene rings is 2. The molecule has 0 saturated carbocycles. The molecule has 2 aliphatic rings. The van der Waals surface area contributed by atoms with Crippen molar-refractivity contribution in [2.24, 2.45) is 4.99 Å². The molecule has 0 bridgehead atoms. The first kappa shape index (κ1) is 41.9.